The molecule has 0 amide bonds. The van der Waals surface area contributed by atoms with E-state index in [0.29, 0.717) is 30.5 Å². The van der Waals surface area contributed by atoms with Crippen LogP contribution < -0.4 is 14.8 Å². The fraction of sp³-hybridized carbons (Fsp3) is 0.278. The monoisotopic (exact) mass is 380 g/mol. The fourth-order valence-electron chi connectivity index (χ4n) is 2.53. The first-order chi connectivity index (χ1) is 12.1. The zero-order valence-electron chi connectivity index (χ0n) is 13.7. The van der Waals surface area contributed by atoms with Crippen LogP contribution in [-0.4, -0.2) is 35.8 Å². The van der Waals surface area contributed by atoms with Crippen molar-refractivity contribution in [3.05, 3.63) is 53.3 Å². The lowest BCUT2D eigenvalue weighted by Gasteiger charge is -2.32. The van der Waals surface area contributed by atoms with Crippen molar-refractivity contribution >= 4 is 34.6 Å². The third kappa shape index (κ3) is 4.32. The number of ether oxygens (including phenoxy) is 2. The Bertz CT molecular complexity index is 774. The predicted octanol–water partition coefficient (Wildman–Crippen LogP) is 4.34. The minimum Gasteiger partial charge on any atom is -0.486 e. The predicted molar refractivity (Wildman–Crippen MR) is 101 cm³/mol. The van der Waals surface area contributed by atoms with E-state index in [2.05, 4.69) is 5.32 Å². The van der Waals surface area contributed by atoms with E-state index >= 15 is 0 Å². The number of thiocarbonyl (C=S) groups is 1. The number of fused-ring (bicyclic) bond motifs is 1. The van der Waals surface area contributed by atoms with Crippen molar-refractivity contribution in [1.82, 2.24) is 4.90 Å². The molecule has 1 aliphatic rings. The van der Waals surface area contributed by atoms with E-state index in [4.69, 9.17) is 33.3 Å². The van der Waals surface area contributed by atoms with Gasteiger partial charge in [0, 0.05) is 12.2 Å². The first kappa shape index (κ1) is 17.8. The summed E-state index contributed by atoms with van der Waals surface area (Å²) in [6.07, 6.45) is -0.133. The Morgan fingerprint density at radius 3 is 2.80 bits per heavy atom. The summed E-state index contributed by atoms with van der Waals surface area (Å²) in [5.41, 5.74) is 0.640. The van der Waals surface area contributed by atoms with Crippen LogP contribution >= 0.6 is 23.8 Å². The second kappa shape index (κ2) is 7.89. The van der Waals surface area contributed by atoms with Gasteiger partial charge in [-0.25, -0.2) is 4.39 Å². The quantitative estimate of drug-likeness (QED) is 0.798. The molecule has 0 fully saturated rings. The molecular weight excluding hydrogens is 363 g/mol. The fourth-order valence-corrected chi connectivity index (χ4v) is 3.03. The SMILES string of the molecule is CCN(CC1COc2ccccc2O1)C(=S)Nc1ccc(F)c(Cl)c1. The molecule has 0 spiro atoms. The largest absolute Gasteiger partial charge is 0.486 e. The van der Waals surface area contributed by atoms with Gasteiger partial charge < -0.3 is 19.7 Å². The molecule has 0 saturated carbocycles. The minimum atomic E-state index is -0.461. The van der Waals surface area contributed by atoms with Gasteiger partial charge in [-0.3, -0.25) is 0 Å². The number of anilines is 1. The molecule has 1 aliphatic heterocycles. The number of hydrogen-bond acceptors (Lipinski definition) is 3. The summed E-state index contributed by atoms with van der Waals surface area (Å²) in [6, 6.07) is 12.0. The van der Waals surface area contributed by atoms with E-state index in [1.165, 1.54) is 12.1 Å². The standard InChI is InChI=1S/C18H18ClFN2O2S/c1-2-22(18(25)21-12-7-8-15(20)14(19)9-12)10-13-11-23-16-5-3-4-6-17(16)24-13/h3-9,13H,2,10-11H2,1H3,(H,21,25). The lowest BCUT2D eigenvalue weighted by molar-refractivity contribution is 0.0754. The molecule has 0 aromatic heterocycles. The average Bonchev–Trinajstić information content (AvgIpc) is 2.62. The van der Waals surface area contributed by atoms with E-state index in [1.54, 1.807) is 6.07 Å². The number of para-hydroxylation sites is 2. The maximum absolute atomic E-state index is 13.3. The molecule has 0 bridgehead atoms. The van der Waals surface area contributed by atoms with E-state index < -0.39 is 5.82 Å². The molecule has 7 heteroatoms. The molecular formula is C18H18ClFN2O2S. The van der Waals surface area contributed by atoms with Crippen molar-refractivity contribution in [3.63, 3.8) is 0 Å². The van der Waals surface area contributed by atoms with Gasteiger partial charge in [-0.2, -0.15) is 0 Å². The van der Waals surface area contributed by atoms with Crippen molar-refractivity contribution in [2.75, 3.05) is 25.0 Å². The molecule has 2 aromatic rings. The van der Waals surface area contributed by atoms with Gasteiger partial charge in [0.15, 0.2) is 22.7 Å². The van der Waals surface area contributed by atoms with Gasteiger partial charge in [-0.15, -0.1) is 0 Å². The molecule has 0 aliphatic carbocycles. The Morgan fingerprint density at radius 2 is 2.08 bits per heavy atom. The highest BCUT2D eigenvalue weighted by Crippen LogP contribution is 2.31. The number of rotatable bonds is 4. The normalized spacial score (nSPS) is 15.6. The van der Waals surface area contributed by atoms with Crippen LogP contribution in [0, 0.1) is 5.82 Å². The van der Waals surface area contributed by atoms with Crippen LogP contribution in [0.1, 0.15) is 6.92 Å². The van der Waals surface area contributed by atoms with Gasteiger partial charge in [0.25, 0.3) is 0 Å². The molecule has 2 aromatic carbocycles. The number of likely N-dealkylation sites (N-methyl/N-ethyl adjacent to an activating group) is 1. The molecule has 3 rings (SSSR count). The van der Waals surface area contributed by atoms with Crippen LogP contribution in [0.3, 0.4) is 0 Å². The highest BCUT2D eigenvalue weighted by Gasteiger charge is 2.23. The summed E-state index contributed by atoms with van der Waals surface area (Å²) >= 11 is 11.3. The zero-order valence-corrected chi connectivity index (χ0v) is 15.2. The summed E-state index contributed by atoms with van der Waals surface area (Å²) < 4.78 is 25.0. The molecule has 1 N–H and O–H groups in total. The summed E-state index contributed by atoms with van der Waals surface area (Å²) in [5.74, 6) is 1.03. The minimum absolute atomic E-state index is 0.0523. The van der Waals surface area contributed by atoms with Gasteiger partial charge >= 0.3 is 0 Å². The molecule has 1 unspecified atom stereocenters. The molecule has 1 atom stereocenters. The van der Waals surface area contributed by atoms with Crippen LogP contribution in [-0.2, 0) is 0 Å². The molecule has 0 radical (unpaired) electrons. The Labute approximate surface area is 156 Å². The third-order valence-corrected chi connectivity index (χ3v) is 4.48. The maximum Gasteiger partial charge on any atom is 0.173 e. The van der Waals surface area contributed by atoms with E-state index in [-0.39, 0.29) is 11.1 Å². The number of nitrogens with one attached hydrogen (secondary N) is 1. The van der Waals surface area contributed by atoms with Crippen LogP contribution in [0.2, 0.25) is 5.02 Å². The van der Waals surface area contributed by atoms with Crippen LogP contribution in [0.25, 0.3) is 0 Å². The second-order valence-electron chi connectivity index (χ2n) is 5.60. The van der Waals surface area contributed by atoms with Gasteiger partial charge in [0.2, 0.25) is 0 Å². The summed E-state index contributed by atoms with van der Waals surface area (Å²) in [6.45, 7) is 3.73. The van der Waals surface area contributed by atoms with Crippen LogP contribution in [0.15, 0.2) is 42.5 Å². The zero-order chi connectivity index (χ0) is 17.8. The van der Waals surface area contributed by atoms with Crippen LogP contribution in [0.5, 0.6) is 11.5 Å². The smallest absolute Gasteiger partial charge is 0.173 e. The Morgan fingerprint density at radius 1 is 1.32 bits per heavy atom. The Balaban J connectivity index is 1.62. The lowest BCUT2D eigenvalue weighted by Crippen LogP contribution is -2.45. The summed E-state index contributed by atoms with van der Waals surface area (Å²) in [7, 11) is 0. The molecule has 25 heavy (non-hydrogen) atoms. The number of nitrogens with zero attached hydrogens (tertiary/aromatic N) is 1. The maximum atomic E-state index is 13.3. The van der Waals surface area contributed by atoms with Gasteiger partial charge in [-0.1, -0.05) is 23.7 Å². The number of halogens is 2. The van der Waals surface area contributed by atoms with Gasteiger partial charge in [0.05, 0.1) is 11.6 Å². The molecule has 0 saturated heterocycles. The van der Waals surface area contributed by atoms with Crippen molar-refractivity contribution in [2.24, 2.45) is 0 Å². The van der Waals surface area contributed by atoms with E-state index in [1.807, 2.05) is 36.1 Å². The second-order valence-corrected chi connectivity index (χ2v) is 6.39. The molecule has 132 valence electrons. The topological polar surface area (TPSA) is 33.7 Å². The van der Waals surface area contributed by atoms with Gasteiger partial charge in [-0.05, 0) is 49.5 Å². The van der Waals surface area contributed by atoms with Gasteiger partial charge in [0.1, 0.15) is 12.4 Å². The molecule has 4 nitrogen and oxygen atoms in total. The average molecular weight is 381 g/mol. The highest BCUT2D eigenvalue weighted by atomic mass is 35.5. The summed E-state index contributed by atoms with van der Waals surface area (Å²) in [4.78, 5) is 1.97. The third-order valence-electron chi connectivity index (χ3n) is 3.83. The first-order valence-electron chi connectivity index (χ1n) is 7.96. The van der Waals surface area contributed by atoms with Crippen molar-refractivity contribution < 1.29 is 13.9 Å². The lowest BCUT2D eigenvalue weighted by atomic mass is 10.2. The van der Waals surface area contributed by atoms with E-state index in [0.717, 1.165) is 11.5 Å². The number of benzene rings is 2. The number of hydrogen-bond donors (Lipinski definition) is 1. The first-order valence-corrected chi connectivity index (χ1v) is 8.75. The Kier molecular flexibility index (Phi) is 5.60. The Hall–Kier alpha value is -2.05. The summed E-state index contributed by atoms with van der Waals surface area (Å²) in [5, 5.41) is 3.65. The van der Waals surface area contributed by atoms with Crippen molar-refractivity contribution in [2.45, 2.75) is 13.0 Å². The van der Waals surface area contributed by atoms with E-state index in [9.17, 15) is 4.39 Å². The highest BCUT2D eigenvalue weighted by molar-refractivity contribution is 7.80. The molecule has 1 heterocycles. The van der Waals surface area contributed by atoms with Crippen molar-refractivity contribution in [1.29, 1.82) is 0 Å². The van der Waals surface area contributed by atoms with Crippen LogP contribution in [0.4, 0.5) is 10.1 Å². The van der Waals surface area contributed by atoms with Crippen molar-refractivity contribution in [3.8, 4) is 11.5 Å².